The number of benzene rings is 2. The zero-order chi connectivity index (χ0) is 21.1. The first-order valence-electron chi connectivity index (χ1n) is 8.32. The maximum atomic E-state index is 12.3. The summed E-state index contributed by atoms with van der Waals surface area (Å²) in [6.07, 6.45) is -3.86. The number of oxime groups is 1. The molecule has 0 amide bonds. The summed E-state index contributed by atoms with van der Waals surface area (Å²) in [5.41, 5.74) is 0.0949. The zero-order valence-corrected chi connectivity index (χ0v) is 15.1. The minimum atomic E-state index is -4.76. The molecule has 0 aromatic heterocycles. The fourth-order valence-corrected chi connectivity index (χ4v) is 2.69. The van der Waals surface area contributed by atoms with Crippen molar-refractivity contribution in [3.05, 3.63) is 59.7 Å². The van der Waals surface area contributed by atoms with Gasteiger partial charge in [0.25, 0.3) is 0 Å². The van der Waals surface area contributed by atoms with Gasteiger partial charge in [-0.25, -0.2) is 0 Å². The Kier molecular flexibility index (Phi) is 5.44. The van der Waals surface area contributed by atoms with E-state index in [2.05, 4.69) is 9.89 Å². The van der Waals surface area contributed by atoms with E-state index in [4.69, 9.17) is 25.1 Å². The van der Waals surface area contributed by atoms with Crippen molar-refractivity contribution in [2.75, 3.05) is 0 Å². The first-order valence-corrected chi connectivity index (χ1v) is 8.32. The Hall–Kier alpha value is -3.56. The van der Waals surface area contributed by atoms with E-state index in [1.54, 1.807) is 31.2 Å². The third-order valence-electron chi connectivity index (χ3n) is 4.04. The Morgan fingerprint density at radius 3 is 2.55 bits per heavy atom. The molecule has 0 spiro atoms. The minimum absolute atomic E-state index is 0.207. The Bertz CT molecular complexity index is 944. The molecule has 0 aliphatic carbocycles. The molecular formula is C19H16F3N3O4. The van der Waals surface area contributed by atoms with Crippen LogP contribution in [0.2, 0.25) is 0 Å². The Balaban J connectivity index is 1.67. The second-order valence-electron chi connectivity index (χ2n) is 6.25. The standard InChI is InChI=1S/C19H16F3N3O4/c1-18(13-5-7-14(8-6-13)28-19(20,21)22)10-16(25-29-18)27-15-4-2-3-12(9-15)17(24)26-11-23/h2-9,11,23-24H,10H2,1H3/t18-/m0/s1. The number of ether oxygens (including phenoxy) is 3. The average molecular weight is 407 g/mol. The predicted molar refractivity (Wildman–Crippen MR) is 97.4 cm³/mol. The second kappa shape index (κ2) is 7.82. The molecule has 1 aliphatic heterocycles. The molecule has 1 atom stereocenters. The highest BCUT2D eigenvalue weighted by Crippen LogP contribution is 2.36. The van der Waals surface area contributed by atoms with E-state index in [1.165, 1.54) is 24.3 Å². The van der Waals surface area contributed by atoms with Crippen molar-refractivity contribution in [1.29, 1.82) is 10.8 Å². The highest BCUT2D eigenvalue weighted by molar-refractivity contribution is 5.95. The number of hydrogen-bond acceptors (Lipinski definition) is 7. The molecule has 2 N–H and O–H groups in total. The fraction of sp³-hybridized carbons (Fsp3) is 0.211. The summed E-state index contributed by atoms with van der Waals surface area (Å²) in [7, 11) is 0. The monoisotopic (exact) mass is 407 g/mol. The summed E-state index contributed by atoms with van der Waals surface area (Å²) in [4.78, 5) is 5.47. The van der Waals surface area contributed by atoms with Crippen LogP contribution in [-0.4, -0.2) is 24.6 Å². The van der Waals surface area contributed by atoms with Gasteiger partial charge in [-0.15, -0.1) is 13.2 Å². The van der Waals surface area contributed by atoms with E-state index in [0.717, 1.165) is 0 Å². The van der Waals surface area contributed by atoms with Crippen molar-refractivity contribution in [2.24, 2.45) is 5.16 Å². The molecule has 0 saturated heterocycles. The maximum absolute atomic E-state index is 12.3. The lowest BCUT2D eigenvalue weighted by atomic mass is 9.93. The van der Waals surface area contributed by atoms with Crippen molar-refractivity contribution in [2.45, 2.75) is 25.3 Å². The van der Waals surface area contributed by atoms with Crippen LogP contribution in [0.15, 0.2) is 53.7 Å². The van der Waals surface area contributed by atoms with Crippen LogP contribution in [0.3, 0.4) is 0 Å². The fourth-order valence-electron chi connectivity index (χ4n) is 2.69. The van der Waals surface area contributed by atoms with Crippen LogP contribution in [0.4, 0.5) is 13.2 Å². The second-order valence-corrected chi connectivity index (χ2v) is 6.25. The molecule has 0 unspecified atom stereocenters. The van der Waals surface area contributed by atoms with E-state index >= 15 is 0 Å². The van der Waals surface area contributed by atoms with E-state index in [-0.39, 0.29) is 24.0 Å². The molecule has 0 saturated carbocycles. The zero-order valence-electron chi connectivity index (χ0n) is 15.1. The van der Waals surface area contributed by atoms with Crippen molar-refractivity contribution in [3.63, 3.8) is 0 Å². The van der Waals surface area contributed by atoms with Crippen molar-refractivity contribution >= 4 is 18.2 Å². The third kappa shape index (κ3) is 5.03. The normalized spacial score (nSPS) is 18.4. The van der Waals surface area contributed by atoms with Gasteiger partial charge in [0, 0.05) is 5.56 Å². The summed E-state index contributed by atoms with van der Waals surface area (Å²) in [6, 6.07) is 11.8. The highest BCUT2D eigenvalue weighted by Gasteiger charge is 2.38. The van der Waals surface area contributed by atoms with E-state index < -0.39 is 12.0 Å². The molecule has 2 aromatic carbocycles. The molecule has 0 fully saturated rings. The summed E-state index contributed by atoms with van der Waals surface area (Å²) in [6.45, 7) is 1.73. The van der Waals surface area contributed by atoms with Crippen LogP contribution >= 0.6 is 0 Å². The first kappa shape index (κ1) is 20.2. The molecule has 3 rings (SSSR count). The molecule has 0 bridgehead atoms. The molecule has 10 heteroatoms. The predicted octanol–water partition coefficient (Wildman–Crippen LogP) is 4.56. The number of alkyl halides is 3. The van der Waals surface area contributed by atoms with E-state index in [9.17, 15) is 13.2 Å². The summed E-state index contributed by atoms with van der Waals surface area (Å²) in [5, 5.41) is 18.5. The first-order chi connectivity index (χ1) is 13.7. The molecule has 1 aliphatic rings. The number of rotatable bonds is 5. The van der Waals surface area contributed by atoms with E-state index in [0.29, 0.717) is 23.3 Å². The third-order valence-corrected chi connectivity index (χ3v) is 4.04. The highest BCUT2D eigenvalue weighted by atomic mass is 19.4. The van der Waals surface area contributed by atoms with Gasteiger partial charge in [-0.3, -0.25) is 10.8 Å². The minimum Gasteiger partial charge on any atom is -0.440 e. The lowest BCUT2D eigenvalue weighted by Gasteiger charge is -2.21. The lowest BCUT2D eigenvalue weighted by Crippen LogP contribution is -2.23. The molecule has 2 aromatic rings. The molecular weight excluding hydrogens is 391 g/mol. The maximum Gasteiger partial charge on any atom is 0.573 e. The number of nitrogens with zero attached hydrogens (tertiary/aromatic N) is 1. The van der Waals surface area contributed by atoms with Gasteiger partial charge in [0.1, 0.15) is 11.5 Å². The molecule has 7 nitrogen and oxygen atoms in total. The summed E-state index contributed by atoms with van der Waals surface area (Å²) < 4.78 is 51.1. The largest absolute Gasteiger partial charge is 0.573 e. The van der Waals surface area contributed by atoms with Gasteiger partial charge in [0.15, 0.2) is 12.0 Å². The molecule has 0 radical (unpaired) electrons. The van der Waals surface area contributed by atoms with Gasteiger partial charge in [0.05, 0.1) is 6.42 Å². The van der Waals surface area contributed by atoms with Crippen LogP contribution in [0.5, 0.6) is 11.5 Å². The molecule has 29 heavy (non-hydrogen) atoms. The van der Waals surface area contributed by atoms with Gasteiger partial charge in [-0.05, 0) is 42.8 Å². The summed E-state index contributed by atoms with van der Waals surface area (Å²) in [5.74, 6) is 0.119. The molecule has 152 valence electrons. The SMILES string of the molecule is C[C@@]1(c2ccc(OC(F)(F)F)cc2)CC(Oc2cccc(C(=N)OC=N)c2)=NO1. The number of nitrogens with one attached hydrogen (secondary N) is 2. The summed E-state index contributed by atoms with van der Waals surface area (Å²) >= 11 is 0. The van der Waals surface area contributed by atoms with Gasteiger partial charge >= 0.3 is 6.36 Å². The van der Waals surface area contributed by atoms with E-state index in [1.807, 2.05) is 0 Å². The van der Waals surface area contributed by atoms with Gasteiger partial charge in [-0.1, -0.05) is 23.4 Å². The number of hydrogen-bond donors (Lipinski definition) is 2. The Labute approximate surface area is 163 Å². The topological polar surface area (TPSA) is 97.0 Å². The van der Waals surface area contributed by atoms with Crippen LogP contribution in [-0.2, 0) is 15.2 Å². The van der Waals surface area contributed by atoms with Crippen molar-refractivity contribution in [1.82, 2.24) is 0 Å². The van der Waals surface area contributed by atoms with Crippen LogP contribution in [0.25, 0.3) is 0 Å². The number of halogens is 3. The quantitative estimate of drug-likeness (QED) is 0.561. The van der Waals surface area contributed by atoms with Crippen LogP contribution in [0, 0.1) is 10.8 Å². The lowest BCUT2D eigenvalue weighted by molar-refractivity contribution is -0.274. The van der Waals surface area contributed by atoms with Crippen molar-refractivity contribution < 1.29 is 32.2 Å². The van der Waals surface area contributed by atoms with Crippen molar-refractivity contribution in [3.8, 4) is 11.5 Å². The van der Waals surface area contributed by atoms with Gasteiger partial charge in [0.2, 0.25) is 11.8 Å². The van der Waals surface area contributed by atoms with Crippen LogP contribution in [0.1, 0.15) is 24.5 Å². The average Bonchev–Trinajstić information content (AvgIpc) is 3.03. The van der Waals surface area contributed by atoms with Gasteiger partial charge < -0.3 is 19.0 Å². The van der Waals surface area contributed by atoms with Crippen LogP contribution < -0.4 is 9.47 Å². The molecule has 1 heterocycles. The van der Waals surface area contributed by atoms with Gasteiger partial charge in [-0.2, -0.15) is 0 Å². The smallest absolute Gasteiger partial charge is 0.440 e. The Morgan fingerprint density at radius 2 is 1.90 bits per heavy atom. The Morgan fingerprint density at radius 1 is 1.17 bits per heavy atom.